The molecule has 1 aliphatic carbocycles. The number of aromatic nitrogens is 2. The van der Waals surface area contributed by atoms with Crippen molar-refractivity contribution in [1.82, 2.24) is 15.3 Å². The molecule has 1 unspecified atom stereocenters. The lowest BCUT2D eigenvalue weighted by atomic mass is 10.2. The summed E-state index contributed by atoms with van der Waals surface area (Å²) in [6.07, 6.45) is 3.55. The zero-order valence-corrected chi connectivity index (χ0v) is 10.6. The Balaban J connectivity index is 1.77. The third-order valence-corrected chi connectivity index (χ3v) is 3.32. The van der Waals surface area contributed by atoms with Crippen molar-refractivity contribution in [3.8, 4) is 0 Å². The van der Waals surface area contributed by atoms with E-state index in [4.69, 9.17) is 10.5 Å². The Morgan fingerprint density at radius 3 is 3.05 bits per heavy atom. The third-order valence-electron chi connectivity index (χ3n) is 3.32. The Morgan fingerprint density at radius 1 is 1.47 bits per heavy atom. The van der Waals surface area contributed by atoms with E-state index in [0.717, 1.165) is 12.8 Å². The van der Waals surface area contributed by atoms with Crippen LogP contribution in [-0.4, -0.2) is 47.7 Å². The second-order valence-electron chi connectivity index (χ2n) is 4.87. The third kappa shape index (κ3) is 2.76. The fourth-order valence-corrected chi connectivity index (χ4v) is 2.14. The zero-order chi connectivity index (χ0) is 13.2. The second kappa shape index (κ2) is 5.00. The predicted octanol–water partition coefficient (Wildman–Crippen LogP) is -0.457. The van der Waals surface area contributed by atoms with Crippen molar-refractivity contribution < 1.29 is 9.53 Å². The van der Waals surface area contributed by atoms with Crippen molar-refractivity contribution in [2.24, 2.45) is 0 Å². The molecule has 19 heavy (non-hydrogen) atoms. The minimum absolute atomic E-state index is 0.000571. The molecular formula is C12H17N5O2. The van der Waals surface area contributed by atoms with Gasteiger partial charge in [0.2, 0.25) is 5.91 Å². The number of carbonyl (C=O) groups is 1. The molecule has 0 radical (unpaired) electrons. The quantitative estimate of drug-likeness (QED) is 0.766. The Kier molecular flexibility index (Phi) is 3.20. The highest BCUT2D eigenvalue weighted by molar-refractivity contribution is 5.86. The normalized spacial score (nSPS) is 23.2. The summed E-state index contributed by atoms with van der Waals surface area (Å²) >= 11 is 0. The summed E-state index contributed by atoms with van der Waals surface area (Å²) in [5, 5.41) is 3.00. The van der Waals surface area contributed by atoms with Crippen molar-refractivity contribution in [1.29, 1.82) is 0 Å². The van der Waals surface area contributed by atoms with Crippen LogP contribution in [0.5, 0.6) is 0 Å². The van der Waals surface area contributed by atoms with Crippen LogP contribution in [0.2, 0.25) is 0 Å². The molecule has 0 spiro atoms. The van der Waals surface area contributed by atoms with Gasteiger partial charge in [-0.25, -0.2) is 9.97 Å². The monoisotopic (exact) mass is 263 g/mol. The van der Waals surface area contributed by atoms with Crippen molar-refractivity contribution in [3.63, 3.8) is 0 Å². The molecule has 1 saturated carbocycles. The summed E-state index contributed by atoms with van der Waals surface area (Å²) < 4.78 is 5.41. The molecule has 1 amide bonds. The minimum atomic E-state index is -0.344. The number of amides is 1. The van der Waals surface area contributed by atoms with Crippen LogP contribution in [-0.2, 0) is 9.53 Å². The van der Waals surface area contributed by atoms with Gasteiger partial charge in [-0.2, -0.15) is 0 Å². The number of nitrogens with zero attached hydrogens (tertiary/aromatic N) is 3. The van der Waals surface area contributed by atoms with Gasteiger partial charge in [0.15, 0.2) is 0 Å². The first-order chi connectivity index (χ1) is 9.24. The van der Waals surface area contributed by atoms with Gasteiger partial charge in [0.25, 0.3) is 0 Å². The first-order valence-electron chi connectivity index (χ1n) is 6.46. The number of nitrogens with two attached hydrogens (primary N) is 1. The van der Waals surface area contributed by atoms with E-state index in [1.54, 1.807) is 6.07 Å². The number of nitrogens with one attached hydrogen (secondary N) is 1. The van der Waals surface area contributed by atoms with Gasteiger partial charge >= 0.3 is 0 Å². The van der Waals surface area contributed by atoms with E-state index in [2.05, 4.69) is 15.3 Å². The number of anilines is 2. The highest BCUT2D eigenvalue weighted by Crippen LogP contribution is 2.22. The van der Waals surface area contributed by atoms with Crippen LogP contribution in [0.4, 0.5) is 11.6 Å². The van der Waals surface area contributed by atoms with Gasteiger partial charge in [-0.1, -0.05) is 0 Å². The molecule has 2 fully saturated rings. The fraction of sp³-hybridized carbons (Fsp3) is 0.583. The average molecular weight is 263 g/mol. The smallest absolute Gasteiger partial charge is 0.245 e. The Labute approximate surface area is 111 Å². The van der Waals surface area contributed by atoms with Gasteiger partial charge in [0.1, 0.15) is 24.0 Å². The second-order valence-corrected chi connectivity index (χ2v) is 4.87. The van der Waals surface area contributed by atoms with E-state index in [1.807, 2.05) is 4.90 Å². The van der Waals surface area contributed by atoms with Gasteiger partial charge in [-0.05, 0) is 12.8 Å². The summed E-state index contributed by atoms with van der Waals surface area (Å²) in [5.41, 5.74) is 5.67. The summed E-state index contributed by atoms with van der Waals surface area (Å²) in [5.74, 6) is 1.07. The van der Waals surface area contributed by atoms with E-state index >= 15 is 0 Å². The summed E-state index contributed by atoms with van der Waals surface area (Å²) in [4.78, 5) is 22.2. The molecule has 7 nitrogen and oxygen atoms in total. The number of ether oxygens (including phenoxy) is 1. The molecule has 2 aliphatic rings. The topological polar surface area (TPSA) is 93.4 Å². The van der Waals surface area contributed by atoms with E-state index < -0.39 is 0 Å². The number of morpholine rings is 1. The number of carbonyl (C=O) groups excluding carboxylic acids is 1. The molecule has 1 atom stereocenters. The Hall–Kier alpha value is -1.89. The molecule has 1 saturated heterocycles. The molecule has 1 aromatic rings. The van der Waals surface area contributed by atoms with E-state index in [0.29, 0.717) is 37.4 Å². The maximum absolute atomic E-state index is 12.2. The highest BCUT2D eigenvalue weighted by atomic mass is 16.5. The lowest BCUT2D eigenvalue weighted by molar-refractivity contribution is -0.124. The molecule has 7 heteroatoms. The molecule has 0 aromatic carbocycles. The number of hydrogen-bond acceptors (Lipinski definition) is 6. The lowest BCUT2D eigenvalue weighted by Crippen LogP contribution is -2.54. The molecule has 0 bridgehead atoms. The number of hydrogen-bond donors (Lipinski definition) is 2. The molecule has 3 N–H and O–H groups in total. The van der Waals surface area contributed by atoms with E-state index in [9.17, 15) is 4.79 Å². The van der Waals surface area contributed by atoms with Crippen LogP contribution in [0, 0.1) is 0 Å². The van der Waals surface area contributed by atoms with Crippen molar-refractivity contribution in [2.75, 3.05) is 30.4 Å². The number of rotatable bonds is 3. The summed E-state index contributed by atoms with van der Waals surface area (Å²) in [6, 6.07) is 1.68. The molecular weight excluding hydrogens is 246 g/mol. The Bertz CT molecular complexity index is 477. The maximum Gasteiger partial charge on any atom is 0.245 e. The Morgan fingerprint density at radius 2 is 2.32 bits per heavy atom. The SMILES string of the molecule is Nc1cc(N2CCOCC2C(=O)NC2CC2)ncn1. The first kappa shape index (κ1) is 12.2. The molecule has 1 aliphatic heterocycles. The minimum Gasteiger partial charge on any atom is -0.384 e. The van der Waals surface area contributed by atoms with Crippen LogP contribution >= 0.6 is 0 Å². The fourth-order valence-electron chi connectivity index (χ4n) is 2.14. The number of nitrogen functional groups attached to an aromatic ring is 1. The van der Waals surface area contributed by atoms with Gasteiger partial charge in [-0.15, -0.1) is 0 Å². The van der Waals surface area contributed by atoms with Crippen LogP contribution in [0.1, 0.15) is 12.8 Å². The average Bonchev–Trinajstić information content (AvgIpc) is 3.23. The van der Waals surface area contributed by atoms with Gasteiger partial charge < -0.3 is 20.7 Å². The van der Waals surface area contributed by atoms with Crippen molar-refractivity contribution in [3.05, 3.63) is 12.4 Å². The van der Waals surface area contributed by atoms with E-state index in [1.165, 1.54) is 6.33 Å². The molecule has 3 rings (SSSR count). The zero-order valence-electron chi connectivity index (χ0n) is 10.6. The van der Waals surface area contributed by atoms with Crippen LogP contribution in [0.15, 0.2) is 12.4 Å². The van der Waals surface area contributed by atoms with Gasteiger partial charge in [0, 0.05) is 18.7 Å². The van der Waals surface area contributed by atoms with Crippen LogP contribution in [0.3, 0.4) is 0 Å². The maximum atomic E-state index is 12.2. The summed E-state index contributed by atoms with van der Waals surface area (Å²) in [7, 11) is 0. The molecule has 102 valence electrons. The summed E-state index contributed by atoms with van der Waals surface area (Å²) in [6.45, 7) is 1.58. The van der Waals surface area contributed by atoms with Crippen LogP contribution in [0.25, 0.3) is 0 Å². The van der Waals surface area contributed by atoms with Gasteiger partial charge in [0.05, 0.1) is 13.2 Å². The van der Waals surface area contributed by atoms with Crippen molar-refractivity contribution in [2.45, 2.75) is 24.9 Å². The highest BCUT2D eigenvalue weighted by Gasteiger charge is 2.33. The largest absolute Gasteiger partial charge is 0.384 e. The lowest BCUT2D eigenvalue weighted by Gasteiger charge is -2.35. The van der Waals surface area contributed by atoms with E-state index in [-0.39, 0.29) is 11.9 Å². The molecule has 1 aromatic heterocycles. The van der Waals surface area contributed by atoms with Gasteiger partial charge in [-0.3, -0.25) is 4.79 Å². The van der Waals surface area contributed by atoms with Crippen LogP contribution < -0.4 is 16.0 Å². The standard InChI is InChI=1S/C12H17N5O2/c13-10-5-11(15-7-14-10)17-3-4-19-6-9(17)12(18)16-8-1-2-8/h5,7-9H,1-4,6H2,(H,16,18)(H2,13,14,15). The predicted molar refractivity (Wildman–Crippen MR) is 69.6 cm³/mol. The van der Waals surface area contributed by atoms with Crippen molar-refractivity contribution >= 4 is 17.5 Å². The first-order valence-corrected chi connectivity index (χ1v) is 6.46. The molecule has 2 heterocycles.